The van der Waals surface area contributed by atoms with Gasteiger partial charge >= 0.3 is 12.0 Å². The maximum atomic E-state index is 6.00. The summed E-state index contributed by atoms with van der Waals surface area (Å²) in [6.45, 7) is 6.52. The van der Waals surface area contributed by atoms with Gasteiger partial charge in [-0.25, -0.2) is 0 Å². The van der Waals surface area contributed by atoms with Crippen molar-refractivity contribution in [3.8, 4) is 23.5 Å². The Labute approximate surface area is 182 Å². The molecule has 0 amide bonds. The molecule has 168 valence electrons. The number of likely N-dealkylation sites (tertiary alicyclic amines) is 1. The Morgan fingerprint density at radius 2 is 1.52 bits per heavy atom. The van der Waals surface area contributed by atoms with Gasteiger partial charge in [0.25, 0.3) is 0 Å². The maximum Gasteiger partial charge on any atom is 0.316 e. The van der Waals surface area contributed by atoms with Crippen molar-refractivity contribution in [2.24, 2.45) is 0 Å². The Hall–Kier alpha value is -2.72. The Balaban J connectivity index is 1.13. The van der Waals surface area contributed by atoms with Crippen molar-refractivity contribution >= 4 is 0 Å². The highest BCUT2D eigenvalue weighted by atomic mass is 16.5. The third-order valence-electron chi connectivity index (χ3n) is 5.61. The fourth-order valence-electron chi connectivity index (χ4n) is 3.58. The number of hydrogen-bond donors (Lipinski definition) is 1. The van der Waals surface area contributed by atoms with Crippen molar-refractivity contribution in [1.29, 1.82) is 0 Å². The van der Waals surface area contributed by atoms with E-state index in [9.17, 15) is 0 Å². The lowest BCUT2D eigenvalue weighted by molar-refractivity contribution is 0.0720. The molecule has 1 N–H and O–H groups in total. The summed E-state index contributed by atoms with van der Waals surface area (Å²) in [7, 11) is 1.55. The second-order valence-electron chi connectivity index (χ2n) is 7.84. The molecule has 0 aromatic carbocycles. The first kappa shape index (κ1) is 21.5. The van der Waals surface area contributed by atoms with Crippen molar-refractivity contribution in [2.75, 3.05) is 39.9 Å². The van der Waals surface area contributed by atoms with Crippen LogP contribution in [0.2, 0.25) is 0 Å². The standard InChI is InChI=1S/C21H30N6O4/c1-15(5-8-29-21-25-13-19(14-26-21)31-17-9-22-10-17)27-6-3-16(4-7-27)30-18-11-23-20(28-2)24-12-18/h11-17,22H,3-10H2,1-2H3. The lowest BCUT2D eigenvalue weighted by atomic mass is 10.0. The molecule has 10 nitrogen and oxygen atoms in total. The van der Waals surface area contributed by atoms with E-state index >= 15 is 0 Å². The summed E-state index contributed by atoms with van der Waals surface area (Å²) in [5, 5.41) is 3.16. The molecule has 0 saturated carbocycles. The smallest absolute Gasteiger partial charge is 0.316 e. The maximum absolute atomic E-state index is 6.00. The first-order chi connectivity index (χ1) is 15.2. The first-order valence-electron chi connectivity index (χ1n) is 10.8. The van der Waals surface area contributed by atoms with E-state index in [2.05, 4.69) is 37.1 Å². The molecule has 0 bridgehead atoms. The highest BCUT2D eigenvalue weighted by molar-refractivity contribution is 5.15. The molecule has 1 atom stereocenters. The molecule has 0 spiro atoms. The van der Waals surface area contributed by atoms with Gasteiger partial charge in [0.05, 0.1) is 38.5 Å². The summed E-state index contributed by atoms with van der Waals surface area (Å²) in [4.78, 5) is 19.1. The molecule has 31 heavy (non-hydrogen) atoms. The van der Waals surface area contributed by atoms with Gasteiger partial charge in [0.1, 0.15) is 12.2 Å². The number of rotatable bonds is 10. The average Bonchev–Trinajstić information content (AvgIpc) is 2.78. The van der Waals surface area contributed by atoms with E-state index in [4.69, 9.17) is 18.9 Å². The summed E-state index contributed by atoms with van der Waals surface area (Å²) in [5.41, 5.74) is 0. The molecule has 10 heteroatoms. The highest BCUT2D eigenvalue weighted by Crippen LogP contribution is 2.21. The molecule has 2 aromatic heterocycles. The van der Waals surface area contributed by atoms with E-state index in [0.717, 1.165) is 45.4 Å². The molecule has 4 heterocycles. The van der Waals surface area contributed by atoms with E-state index in [1.54, 1.807) is 31.9 Å². The Morgan fingerprint density at radius 1 is 0.935 bits per heavy atom. The lowest BCUT2D eigenvalue weighted by Crippen LogP contribution is -2.50. The van der Waals surface area contributed by atoms with Crippen molar-refractivity contribution in [3.63, 3.8) is 0 Å². The molecule has 2 aliphatic rings. The highest BCUT2D eigenvalue weighted by Gasteiger charge is 2.24. The van der Waals surface area contributed by atoms with Crippen LogP contribution in [0.15, 0.2) is 24.8 Å². The zero-order chi connectivity index (χ0) is 21.5. The van der Waals surface area contributed by atoms with Crippen LogP contribution in [0.5, 0.6) is 23.5 Å². The number of aromatic nitrogens is 4. The van der Waals surface area contributed by atoms with Crippen molar-refractivity contribution in [2.45, 2.75) is 44.4 Å². The van der Waals surface area contributed by atoms with Gasteiger partial charge in [-0.2, -0.15) is 19.9 Å². The second kappa shape index (κ2) is 10.5. The summed E-state index contributed by atoms with van der Waals surface area (Å²) in [6, 6.07) is 1.15. The van der Waals surface area contributed by atoms with E-state index in [0.29, 0.717) is 36.2 Å². The monoisotopic (exact) mass is 430 g/mol. The summed E-state index contributed by atoms with van der Waals surface area (Å²) in [5.74, 6) is 1.36. The van der Waals surface area contributed by atoms with Gasteiger partial charge in [0.2, 0.25) is 0 Å². The molecule has 1 unspecified atom stereocenters. The number of piperidine rings is 1. The van der Waals surface area contributed by atoms with Crippen LogP contribution in [0.1, 0.15) is 26.2 Å². The van der Waals surface area contributed by atoms with Crippen molar-refractivity contribution < 1.29 is 18.9 Å². The van der Waals surface area contributed by atoms with Crippen LogP contribution in [-0.2, 0) is 0 Å². The van der Waals surface area contributed by atoms with Gasteiger partial charge in [0, 0.05) is 32.2 Å². The van der Waals surface area contributed by atoms with Gasteiger partial charge < -0.3 is 29.2 Å². The normalized spacial score (nSPS) is 18.8. The molecule has 2 aromatic rings. The minimum Gasteiger partial charge on any atom is -0.487 e. The topological polar surface area (TPSA) is 104 Å². The van der Waals surface area contributed by atoms with Gasteiger partial charge in [-0.3, -0.25) is 0 Å². The number of nitrogens with one attached hydrogen (secondary N) is 1. The largest absolute Gasteiger partial charge is 0.487 e. The number of methoxy groups -OCH3 is 1. The summed E-state index contributed by atoms with van der Waals surface area (Å²) < 4.78 is 22.4. The summed E-state index contributed by atoms with van der Waals surface area (Å²) in [6.07, 6.45) is 9.90. The van der Waals surface area contributed by atoms with Crippen molar-refractivity contribution in [3.05, 3.63) is 24.8 Å². The fourth-order valence-corrected chi connectivity index (χ4v) is 3.58. The minimum atomic E-state index is 0.182. The zero-order valence-electron chi connectivity index (χ0n) is 18.1. The zero-order valence-corrected chi connectivity index (χ0v) is 18.1. The molecular weight excluding hydrogens is 400 g/mol. The van der Waals surface area contributed by atoms with Crippen LogP contribution in [0, 0.1) is 0 Å². The third-order valence-corrected chi connectivity index (χ3v) is 5.61. The predicted octanol–water partition coefficient (Wildman–Crippen LogP) is 1.33. The number of hydrogen-bond acceptors (Lipinski definition) is 10. The van der Waals surface area contributed by atoms with E-state index in [-0.39, 0.29) is 12.2 Å². The lowest BCUT2D eigenvalue weighted by Gasteiger charge is -2.35. The fraction of sp³-hybridized carbons (Fsp3) is 0.619. The SMILES string of the molecule is COc1ncc(OC2CCN(C(C)CCOc3ncc(OC4CNC4)cn3)CC2)cn1. The molecular formula is C21H30N6O4. The predicted molar refractivity (Wildman–Crippen MR) is 113 cm³/mol. The van der Waals surface area contributed by atoms with Gasteiger partial charge in [-0.05, 0) is 26.2 Å². The number of ether oxygens (including phenoxy) is 4. The van der Waals surface area contributed by atoms with Crippen LogP contribution in [-0.4, -0.2) is 83.0 Å². The minimum absolute atomic E-state index is 0.182. The first-order valence-corrected chi connectivity index (χ1v) is 10.8. The molecule has 4 rings (SSSR count). The number of nitrogens with zero attached hydrogens (tertiary/aromatic N) is 5. The van der Waals surface area contributed by atoms with Crippen LogP contribution < -0.4 is 24.3 Å². The van der Waals surface area contributed by atoms with Gasteiger partial charge in [-0.15, -0.1) is 0 Å². The summed E-state index contributed by atoms with van der Waals surface area (Å²) >= 11 is 0. The molecule has 0 radical (unpaired) electrons. The van der Waals surface area contributed by atoms with Crippen LogP contribution in [0.4, 0.5) is 0 Å². The Morgan fingerprint density at radius 3 is 2.06 bits per heavy atom. The average molecular weight is 431 g/mol. The Kier molecular flexibility index (Phi) is 7.31. The molecule has 0 aliphatic carbocycles. The molecule has 2 saturated heterocycles. The molecule has 2 fully saturated rings. The second-order valence-corrected chi connectivity index (χ2v) is 7.84. The van der Waals surface area contributed by atoms with E-state index < -0.39 is 0 Å². The van der Waals surface area contributed by atoms with Gasteiger partial charge in [-0.1, -0.05) is 0 Å². The third kappa shape index (κ3) is 6.14. The molecule has 2 aliphatic heterocycles. The van der Waals surface area contributed by atoms with Gasteiger partial charge in [0.15, 0.2) is 11.5 Å². The Bertz CT molecular complexity index is 795. The quantitative estimate of drug-likeness (QED) is 0.593. The van der Waals surface area contributed by atoms with Crippen molar-refractivity contribution in [1.82, 2.24) is 30.2 Å². The van der Waals surface area contributed by atoms with E-state index in [1.807, 2.05) is 0 Å². The van der Waals surface area contributed by atoms with Crippen LogP contribution >= 0.6 is 0 Å². The van der Waals surface area contributed by atoms with E-state index in [1.165, 1.54) is 0 Å². The van der Waals surface area contributed by atoms with Crippen LogP contribution in [0.25, 0.3) is 0 Å². The van der Waals surface area contributed by atoms with Crippen LogP contribution in [0.3, 0.4) is 0 Å².